The number of rotatable bonds is 3. The minimum absolute atomic E-state index is 0.0641. The summed E-state index contributed by atoms with van der Waals surface area (Å²) in [5.41, 5.74) is 0.930. The molecule has 2 aromatic heterocycles. The molecule has 94 valence electrons. The summed E-state index contributed by atoms with van der Waals surface area (Å²) >= 11 is 1.46. The van der Waals surface area contributed by atoms with Crippen LogP contribution in [0.4, 0.5) is 4.39 Å². The lowest BCUT2D eigenvalue weighted by Crippen LogP contribution is -2.06. The molecular weight excluding hydrogens is 263 g/mol. The molecule has 19 heavy (non-hydrogen) atoms. The van der Waals surface area contributed by atoms with Crippen molar-refractivity contribution in [3.05, 3.63) is 59.1 Å². The zero-order chi connectivity index (χ0) is 13.2. The second-order valence-electron chi connectivity index (χ2n) is 4.03. The van der Waals surface area contributed by atoms with Crippen LogP contribution in [0.3, 0.4) is 0 Å². The quantitative estimate of drug-likeness (QED) is 0.687. The lowest BCUT2D eigenvalue weighted by atomic mass is 10.1. The van der Waals surface area contributed by atoms with Crippen LogP contribution in [0.25, 0.3) is 10.2 Å². The first-order valence-electron chi connectivity index (χ1n) is 5.71. The maximum atomic E-state index is 13.4. The first-order chi connectivity index (χ1) is 9.24. The molecule has 5 heteroatoms. The lowest BCUT2D eigenvalue weighted by molar-refractivity contribution is 0.0989. The summed E-state index contributed by atoms with van der Waals surface area (Å²) < 4.78 is 14.5. The summed E-state index contributed by atoms with van der Waals surface area (Å²) in [4.78, 5) is 20.0. The van der Waals surface area contributed by atoms with Crippen LogP contribution in [0.1, 0.15) is 15.4 Å². The minimum Gasteiger partial charge on any atom is -0.294 e. The molecule has 2 heterocycles. The van der Waals surface area contributed by atoms with Crippen LogP contribution in [0.15, 0.2) is 42.7 Å². The van der Waals surface area contributed by atoms with E-state index < -0.39 is 5.82 Å². The molecule has 0 aliphatic carbocycles. The van der Waals surface area contributed by atoms with Crippen molar-refractivity contribution in [2.75, 3.05) is 0 Å². The van der Waals surface area contributed by atoms with Gasteiger partial charge in [-0.3, -0.25) is 9.78 Å². The fraction of sp³-hybridized carbons (Fsp3) is 0.0714. The Morgan fingerprint density at radius 1 is 1.26 bits per heavy atom. The normalized spacial score (nSPS) is 10.8. The lowest BCUT2D eigenvalue weighted by Gasteiger charge is -1.99. The van der Waals surface area contributed by atoms with Gasteiger partial charge in [0.25, 0.3) is 0 Å². The standard InChI is InChI=1S/C14H9FN2OS/c15-10-8-16-6-5-9(10)12(18)7-14-17-11-3-1-2-4-13(11)19-14/h1-6,8H,7H2. The SMILES string of the molecule is O=C(Cc1nc2ccccc2s1)c1ccncc1F. The number of thiazole rings is 1. The molecular formula is C14H9FN2OS. The summed E-state index contributed by atoms with van der Waals surface area (Å²) in [6, 6.07) is 9.07. The number of Topliss-reactive ketones (excluding diaryl/α,β-unsaturated/α-hetero) is 1. The Labute approximate surface area is 112 Å². The predicted octanol–water partition coefficient (Wildman–Crippen LogP) is 3.26. The van der Waals surface area contributed by atoms with Crippen molar-refractivity contribution >= 4 is 27.3 Å². The Kier molecular flexibility index (Phi) is 3.05. The van der Waals surface area contributed by atoms with E-state index in [-0.39, 0.29) is 17.8 Å². The smallest absolute Gasteiger partial charge is 0.172 e. The summed E-state index contributed by atoms with van der Waals surface area (Å²) in [6.45, 7) is 0. The molecule has 0 amide bonds. The van der Waals surface area contributed by atoms with Crippen molar-refractivity contribution < 1.29 is 9.18 Å². The van der Waals surface area contributed by atoms with E-state index in [0.29, 0.717) is 5.01 Å². The molecule has 0 aliphatic heterocycles. The number of ketones is 1. The van der Waals surface area contributed by atoms with Crippen molar-refractivity contribution in [1.82, 2.24) is 9.97 Å². The number of carbonyl (C=O) groups excluding carboxylic acids is 1. The van der Waals surface area contributed by atoms with Gasteiger partial charge in [-0.15, -0.1) is 11.3 Å². The Bertz CT molecular complexity index is 721. The first kappa shape index (κ1) is 11.9. The third kappa shape index (κ3) is 2.37. The highest BCUT2D eigenvalue weighted by Crippen LogP contribution is 2.22. The van der Waals surface area contributed by atoms with E-state index in [4.69, 9.17) is 0 Å². The van der Waals surface area contributed by atoms with E-state index in [9.17, 15) is 9.18 Å². The third-order valence-corrected chi connectivity index (χ3v) is 3.76. The van der Waals surface area contributed by atoms with Crippen molar-refractivity contribution in [2.45, 2.75) is 6.42 Å². The maximum Gasteiger partial charge on any atom is 0.172 e. The fourth-order valence-electron chi connectivity index (χ4n) is 1.83. The van der Waals surface area contributed by atoms with Gasteiger partial charge in [-0.1, -0.05) is 12.1 Å². The average Bonchev–Trinajstić information content (AvgIpc) is 2.81. The molecule has 0 fully saturated rings. The van der Waals surface area contributed by atoms with Crippen molar-refractivity contribution in [3.63, 3.8) is 0 Å². The van der Waals surface area contributed by atoms with Gasteiger partial charge in [0.1, 0.15) is 5.01 Å². The summed E-state index contributed by atoms with van der Waals surface area (Å²) in [5, 5.41) is 0.697. The van der Waals surface area contributed by atoms with Gasteiger partial charge in [-0.25, -0.2) is 9.37 Å². The van der Waals surface area contributed by atoms with E-state index >= 15 is 0 Å². The van der Waals surface area contributed by atoms with Gasteiger partial charge in [-0.05, 0) is 18.2 Å². The number of benzene rings is 1. The second kappa shape index (κ2) is 4.85. The van der Waals surface area contributed by atoms with E-state index in [1.54, 1.807) is 0 Å². The number of carbonyl (C=O) groups is 1. The summed E-state index contributed by atoms with van der Waals surface area (Å²) in [5.74, 6) is -0.868. The molecule has 0 radical (unpaired) electrons. The fourth-order valence-corrected chi connectivity index (χ4v) is 2.80. The van der Waals surface area contributed by atoms with E-state index in [2.05, 4.69) is 9.97 Å². The maximum absolute atomic E-state index is 13.4. The highest BCUT2D eigenvalue weighted by atomic mass is 32.1. The molecule has 3 rings (SSSR count). The van der Waals surface area contributed by atoms with Crippen LogP contribution >= 0.6 is 11.3 Å². The molecule has 0 atom stereocenters. The predicted molar refractivity (Wildman–Crippen MR) is 71.8 cm³/mol. The number of pyridine rings is 1. The Morgan fingerprint density at radius 2 is 2.11 bits per heavy atom. The molecule has 0 saturated carbocycles. The molecule has 0 aliphatic rings. The number of hydrogen-bond donors (Lipinski definition) is 0. The van der Waals surface area contributed by atoms with Gasteiger partial charge in [0.05, 0.1) is 28.4 Å². The number of aromatic nitrogens is 2. The van der Waals surface area contributed by atoms with Crippen LogP contribution in [-0.4, -0.2) is 15.8 Å². The zero-order valence-electron chi connectivity index (χ0n) is 9.84. The Morgan fingerprint density at radius 3 is 2.89 bits per heavy atom. The van der Waals surface area contributed by atoms with Crippen LogP contribution in [-0.2, 0) is 6.42 Å². The van der Waals surface area contributed by atoms with Gasteiger partial charge < -0.3 is 0 Å². The monoisotopic (exact) mass is 272 g/mol. The van der Waals surface area contributed by atoms with Gasteiger partial charge in [0, 0.05) is 6.20 Å². The number of fused-ring (bicyclic) bond motifs is 1. The van der Waals surface area contributed by atoms with Gasteiger partial charge >= 0.3 is 0 Å². The number of nitrogens with zero attached hydrogens (tertiary/aromatic N) is 2. The van der Waals surface area contributed by atoms with Gasteiger partial charge in [0.2, 0.25) is 0 Å². The zero-order valence-corrected chi connectivity index (χ0v) is 10.7. The summed E-state index contributed by atoms with van der Waals surface area (Å²) in [7, 11) is 0. The van der Waals surface area contributed by atoms with Crippen molar-refractivity contribution in [1.29, 1.82) is 0 Å². The molecule has 0 N–H and O–H groups in total. The molecule has 3 aromatic rings. The second-order valence-corrected chi connectivity index (χ2v) is 5.15. The highest BCUT2D eigenvalue weighted by Gasteiger charge is 2.14. The van der Waals surface area contributed by atoms with Crippen LogP contribution < -0.4 is 0 Å². The van der Waals surface area contributed by atoms with E-state index in [1.165, 1.54) is 23.6 Å². The van der Waals surface area contributed by atoms with Crippen molar-refractivity contribution in [3.8, 4) is 0 Å². The molecule has 3 nitrogen and oxygen atoms in total. The minimum atomic E-state index is -0.589. The molecule has 0 bridgehead atoms. The third-order valence-electron chi connectivity index (χ3n) is 2.72. The number of para-hydroxylation sites is 1. The molecule has 0 saturated heterocycles. The molecule has 0 spiro atoms. The average molecular weight is 272 g/mol. The van der Waals surface area contributed by atoms with Crippen LogP contribution in [0, 0.1) is 5.82 Å². The summed E-state index contributed by atoms with van der Waals surface area (Å²) in [6.07, 6.45) is 2.57. The Balaban J connectivity index is 1.89. The molecule has 0 unspecified atom stereocenters. The first-order valence-corrected chi connectivity index (χ1v) is 6.53. The molecule has 1 aromatic carbocycles. The van der Waals surface area contributed by atoms with Crippen LogP contribution in [0.2, 0.25) is 0 Å². The van der Waals surface area contributed by atoms with Crippen LogP contribution in [0.5, 0.6) is 0 Å². The number of hydrogen-bond acceptors (Lipinski definition) is 4. The van der Waals surface area contributed by atoms with E-state index in [0.717, 1.165) is 16.4 Å². The highest BCUT2D eigenvalue weighted by molar-refractivity contribution is 7.18. The van der Waals surface area contributed by atoms with Gasteiger partial charge in [0.15, 0.2) is 11.6 Å². The Hall–Kier alpha value is -2.14. The van der Waals surface area contributed by atoms with E-state index in [1.807, 2.05) is 24.3 Å². The number of halogens is 1. The largest absolute Gasteiger partial charge is 0.294 e. The van der Waals surface area contributed by atoms with Crippen molar-refractivity contribution in [2.24, 2.45) is 0 Å². The topological polar surface area (TPSA) is 42.9 Å². The van der Waals surface area contributed by atoms with Gasteiger partial charge in [-0.2, -0.15) is 0 Å².